The predicted molar refractivity (Wildman–Crippen MR) is 78.0 cm³/mol. The Balaban J connectivity index is 1.68. The van der Waals surface area contributed by atoms with Crippen LogP contribution < -0.4 is 5.56 Å². The summed E-state index contributed by atoms with van der Waals surface area (Å²) < 4.78 is 6.88. The standard InChI is InChI=1S/C15H20N4O2/c1-11-16-15(21-17-11)13-4-3-6-19(10-13)9-12-5-7-18(2)14(20)8-12/h5,7-8,13H,3-4,6,9-10H2,1-2H3/t13-/m0/s1. The number of likely N-dealkylation sites (tertiary alicyclic amines) is 1. The summed E-state index contributed by atoms with van der Waals surface area (Å²) in [4.78, 5) is 18.4. The van der Waals surface area contributed by atoms with Crippen molar-refractivity contribution >= 4 is 0 Å². The normalized spacial score (nSPS) is 19.8. The lowest BCUT2D eigenvalue weighted by Crippen LogP contribution is -2.34. The minimum Gasteiger partial charge on any atom is -0.339 e. The molecule has 1 saturated heterocycles. The van der Waals surface area contributed by atoms with Crippen molar-refractivity contribution in [2.45, 2.75) is 32.2 Å². The molecule has 1 aliphatic rings. The van der Waals surface area contributed by atoms with E-state index in [1.54, 1.807) is 17.7 Å². The highest BCUT2D eigenvalue weighted by Crippen LogP contribution is 2.26. The Labute approximate surface area is 123 Å². The summed E-state index contributed by atoms with van der Waals surface area (Å²) >= 11 is 0. The van der Waals surface area contributed by atoms with Gasteiger partial charge in [-0.25, -0.2) is 0 Å². The van der Waals surface area contributed by atoms with E-state index in [-0.39, 0.29) is 5.56 Å². The quantitative estimate of drug-likeness (QED) is 0.855. The monoisotopic (exact) mass is 288 g/mol. The van der Waals surface area contributed by atoms with E-state index >= 15 is 0 Å². The lowest BCUT2D eigenvalue weighted by molar-refractivity contribution is 0.180. The Morgan fingerprint density at radius 3 is 3.05 bits per heavy atom. The summed E-state index contributed by atoms with van der Waals surface area (Å²) in [6.07, 6.45) is 4.01. The van der Waals surface area contributed by atoms with E-state index in [0.29, 0.717) is 11.7 Å². The molecule has 0 N–H and O–H groups in total. The first-order valence-electron chi connectivity index (χ1n) is 7.30. The number of pyridine rings is 1. The Hall–Kier alpha value is -1.95. The Morgan fingerprint density at radius 1 is 1.48 bits per heavy atom. The topological polar surface area (TPSA) is 64.2 Å². The van der Waals surface area contributed by atoms with Crippen LogP contribution in [0, 0.1) is 6.92 Å². The molecule has 6 heteroatoms. The highest BCUT2D eigenvalue weighted by atomic mass is 16.5. The third-order valence-corrected chi connectivity index (χ3v) is 3.97. The van der Waals surface area contributed by atoms with Crippen molar-refractivity contribution in [1.82, 2.24) is 19.6 Å². The van der Waals surface area contributed by atoms with Crippen molar-refractivity contribution in [3.8, 4) is 0 Å². The molecule has 0 unspecified atom stereocenters. The molecule has 21 heavy (non-hydrogen) atoms. The van der Waals surface area contributed by atoms with Gasteiger partial charge in [-0.2, -0.15) is 4.98 Å². The zero-order chi connectivity index (χ0) is 14.8. The van der Waals surface area contributed by atoms with Crippen LogP contribution in [-0.2, 0) is 13.6 Å². The first-order chi connectivity index (χ1) is 10.1. The highest BCUT2D eigenvalue weighted by molar-refractivity contribution is 5.11. The first kappa shape index (κ1) is 14.0. The zero-order valence-corrected chi connectivity index (χ0v) is 12.5. The lowest BCUT2D eigenvalue weighted by Gasteiger charge is -2.30. The van der Waals surface area contributed by atoms with Crippen molar-refractivity contribution in [1.29, 1.82) is 0 Å². The third-order valence-electron chi connectivity index (χ3n) is 3.97. The fourth-order valence-corrected chi connectivity index (χ4v) is 2.83. The maximum atomic E-state index is 11.7. The molecule has 1 atom stereocenters. The molecular weight excluding hydrogens is 268 g/mol. The number of hydrogen-bond donors (Lipinski definition) is 0. The van der Waals surface area contributed by atoms with Crippen LogP contribution in [-0.4, -0.2) is 32.7 Å². The van der Waals surface area contributed by atoms with Crippen LogP contribution in [0.5, 0.6) is 0 Å². The van der Waals surface area contributed by atoms with Gasteiger partial charge in [-0.15, -0.1) is 0 Å². The van der Waals surface area contributed by atoms with Gasteiger partial charge in [0, 0.05) is 32.4 Å². The maximum Gasteiger partial charge on any atom is 0.250 e. The van der Waals surface area contributed by atoms with Gasteiger partial charge in [0.15, 0.2) is 5.82 Å². The van der Waals surface area contributed by atoms with Gasteiger partial charge in [-0.05, 0) is 37.9 Å². The van der Waals surface area contributed by atoms with E-state index in [1.807, 2.05) is 19.2 Å². The van der Waals surface area contributed by atoms with Crippen LogP contribution >= 0.6 is 0 Å². The minimum absolute atomic E-state index is 0.0357. The highest BCUT2D eigenvalue weighted by Gasteiger charge is 2.25. The molecule has 2 aromatic rings. The van der Waals surface area contributed by atoms with Gasteiger partial charge in [0.2, 0.25) is 5.89 Å². The SMILES string of the molecule is Cc1noc([C@H]2CCCN(Cc3ccn(C)c(=O)c3)C2)n1. The van der Waals surface area contributed by atoms with Crippen LogP contribution in [0.15, 0.2) is 27.6 Å². The van der Waals surface area contributed by atoms with Gasteiger partial charge in [0.05, 0.1) is 5.92 Å². The van der Waals surface area contributed by atoms with Crippen molar-refractivity contribution in [2.75, 3.05) is 13.1 Å². The van der Waals surface area contributed by atoms with Crippen LogP contribution in [0.1, 0.15) is 36.0 Å². The molecule has 0 bridgehead atoms. The van der Waals surface area contributed by atoms with Gasteiger partial charge in [0.1, 0.15) is 0 Å². The molecule has 3 rings (SSSR count). The largest absolute Gasteiger partial charge is 0.339 e. The Bertz CT molecular complexity index is 676. The molecule has 3 heterocycles. The summed E-state index contributed by atoms with van der Waals surface area (Å²) in [7, 11) is 1.76. The summed E-state index contributed by atoms with van der Waals surface area (Å²) in [6, 6.07) is 3.71. The van der Waals surface area contributed by atoms with Crippen molar-refractivity contribution in [3.05, 3.63) is 46.0 Å². The summed E-state index contributed by atoms with van der Waals surface area (Å²) in [5.74, 6) is 1.72. The van der Waals surface area contributed by atoms with Gasteiger partial charge in [0.25, 0.3) is 5.56 Å². The average Bonchev–Trinajstić information content (AvgIpc) is 2.90. The maximum absolute atomic E-state index is 11.7. The van der Waals surface area contributed by atoms with Gasteiger partial charge >= 0.3 is 0 Å². The number of nitrogens with zero attached hydrogens (tertiary/aromatic N) is 4. The predicted octanol–water partition coefficient (Wildman–Crippen LogP) is 1.46. The van der Waals surface area contributed by atoms with E-state index in [9.17, 15) is 4.79 Å². The zero-order valence-electron chi connectivity index (χ0n) is 12.5. The second-order valence-electron chi connectivity index (χ2n) is 5.74. The van der Waals surface area contributed by atoms with E-state index in [1.165, 1.54) is 0 Å². The number of aromatic nitrogens is 3. The molecule has 6 nitrogen and oxygen atoms in total. The van der Waals surface area contributed by atoms with Crippen LogP contribution in [0.25, 0.3) is 0 Å². The van der Waals surface area contributed by atoms with Crippen molar-refractivity contribution < 1.29 is 4.52 Å². The molecule has 0 aromatic carbocycles. The lowest BCUT2D eigenvalue weighted by atomic mass is 9.97. The van der Waals surface area contributed by atoms with Gasteiger partial charge in [-0.1, -0.05) is 5.16 Å². The molecule has 1 fully saturated rings. The molecule has 0 amide bonds. The molecule has 0 aliphatic carbocycles. The molecule has 2 aromatic heterocycles. The average molecular weight is 288 g/mol. The first-order valence-corrected chi connectivity index (χ1v) is 7.30. The van der Waals surface area contributed by atoms with Crippen molar-refractivity contribution in [2.24, 2.45) is 7.05 Å². The smallest absolute Gasteiger partial charge is 0.250 e. The van der Waals surface area contributed by atoms with E-state index < -0.39 is 0 Å². The molecule has 1 aliphatic heterocycles. The van der Waals surface area contributed by atoms with E-state index in [0.717, 1.165) is 43.9 Å². The Morgan fingerprint density at radius 2 is 2.33 bits per heavy atom. The number of piperidine rings is 1. The summed E-state index contributed by atoms with van der Waals surface area (Å²) in [5.41, 5.74) is 1.09. The summed E-state index contributed by atoms with van der Waals surface area (Å²) in [6.45, 7) is 4.57. The second-order valence-corrected chi connectivity index (χ2v) is 5.74. The van der Waals surface area contributed by atoms with E-state index in [2.05, 4.69) is 15.0 Å². The minimum atomic E-state index is 0.0357. The second kappa shape index (κ2) is 5.81. The third kappa shape index (κ3) is 3.21. The molecule has 0 spiro atoms. The van der Waals surface area contributed by atoms with Crippen LogP contribution in [0.2, 0.25) is 0 Å². The number of hydrogen-bond acceptors (Lipinski definition) is 5. The number of aryl methyl sites for hydroxylation is 2. The molecular formula is C15H20N4O2. The molecule has 0 radical (unpaired) electrons. The van der Waals surface area contributed by atoms with Crippen LogP contribution in [0.3, 0.4) is 0 Å². The molecule has 0 saturated carbocycles. The fourth-order valence-electron chi connectivity index (χ4n) is 2.83. The molecule has 112 valence electrons. The van der Waals surface area contributed by atoms with E-state index in [4.69, 9.17) is 4.52 Å². The van der Waals surface area contributed by atoms with Crippen molar-refractivity contribution in [3.63, 3.8) is 0 Å². The Kier molecular flexibility index (Phi) is 3.88. The van der Waals surface area contributed by atoms with Gasteiger partial charge < -0.3 is 9.09 Å². The fraction of sp³-hybridized carbons (Fsp3) is 0.533. The number of rotatable bonds is 3. The summed E-state index contributed by atoms with van der Waals surface area (Å²) in [5, 5.41) is 3.87. The van der Waals surface area contributed by atoms with Gasteiger partial charge in [-0.3, -0.25) is 9.69 Å². The van der Waals surface area contributed by atoms with Crippen LogP contribution in [0.4, 0.5) is 0 Å².